The van der Waals surface area contributed by atoms with Crippen molar-refractivity contribution in [3.63, 3.8) is 0 Å². The van der Waals surface area contributed by atoms with E-state index < -0.39 is 0 Å². The number of anilines is 1. The molecular weight excluding hydrogens is 262 g/mol. The maximum absolute atomic E-state index is 11.8. The molecule has 0 aliphatic heterocycles. The van der Waals surface area contributed by atoms with E-state index in [0.29, 0.717) is 17.0 Å². The van der Waals surface area contributed by atoms with E-state index in [-0.39, 0.29) is 5.91 Å². The number of nitrogens with one attached hydrogen (secondary N) is 1. The highest BCUT2D eigenvalue weighted by Gasteiger charge is 2.06. The molecule has 3 aromatic rings. The lowest BCUT2D eigenvalue weighted by Gasteiger charge is -2.01. The molecule has 0 atom stereocenters. The van der Waals surface area contributed by atoms with E-state index in [4.69, 9.17) is 4.42 Å². The lowest BCUT2D eigenvalue weighted by atomic mass is 10.2. The van der Waals surface area contributed by atoms with Crippen molar-refractivity contribution in [1.82, 2.24) is 8.75 Å². The van der Waals surface area contributed by atoms with Crippen molar-refractivity contribution < 1.29 is 9.21 Å². The molecule has 1 N–H and O–H groups in total. The Labute approximate surface area is 112 Å². The van der Waals surface area contributed by atoms with Crippen LogP contribution in [0.1, 0.15) is 5.76 Å². The fourth-order valence-corrected chi connectivity index (χ4v) is 2.17. The summed E-state index contributed by atoms with van der Waals surface area (Å²) in [6.45, 7) is 0. The minimum atomic E-state index is -0.239. The Morgan fingerprint density at radius 2 is 2.21 bits per heavy atom. The second-order valence-corrected chi connectivity index (χ2v) is 4.30. The van der Waals surface area contributed by atoms with E-state index in [1.807, 2.05) is 12.1 Å². The van der Waals surface area contributed by atoms with Gasteiger partial charge in [-0.2, -0.15) is 8.75 Å². The molecule has 0 saturated carbocycles. The molecule has 3 rings (SSSR count). The maximum Gasteiger partial charge on any atom is 0.248 e. The van der Waals surface area contributed by atoms with Gasteiger partial charge in [0.15, 0.2) is 0 Å². The number of nitrogens with zero attached hydrogens (tertiary/aromatic N) is 2. The van der Waals surface area contributed by atoms with E-state index >= 15 is 0 Å². The smallest absolute Gasteiger partial charge is 0.248 e. The lowest BCUT2D eigenvalue weighted by Crippen LogP contribution is -2.07. The van der Waals surface area contributed by atoms with Crippen LogP contribution in [-0.2, 0) is 4.79 Å². The van der Waals surface area contributed by atoms with Gasteiger partial charge in [-0.1, -0.05) is 6.07 Å². The topological polar surface area (TPSA) is 68.0 Å². The summed E-state index contributed by atoms with van der Waals surface area (Å²) in [5.41, 5.74) is 2.13. The van der Waals surface area contributed by atoms with E-state index in [1.165, 1.54) is 6.08 Å². The van der Waals surface area contributed by atoms with Crippen LogP contribution in [0.25, 0.3) is 17.1 Å². The molecule has 6 heteroatoms. The van der Waals surface area contributed by atoms with Crippen molar-refractivity contribution >= 4 is 40.4 Å². The molecule has 94 valence electrons. The molecule has 0 spiro atoms. The monoisotopic (exact) mass is 271 g/mol. The third-order valence-corrected chi connectivity index (χ3v) is 3.03. The average molecular weight is 271 g/mol. The molecule has 0 unspecified atom stereocenters. The minimum absolute atomic E-state index is 0.239. The maximum atomic E-state index is 11.8. The molecule has 0 aliphatic rings. The SMILES string of the molecule is O=C(/C=C/c1ccco1)Nc1cccc2nsnc12. The predicted molar refractivity (Wildman–Crippen MR) is 73.8 cm³/mol. The van der Waals surface area contributed by atoms with E-state index in [2.05, 4.69) is 14.1 Å². The molecule has 0 bridgehead atoms. The van der Waals surface area contributed by atoms with E-state index in [0.717, 1.165) is 17.2 Å². The first-order chi connectivity index (χ1) is 9.33. The Balaban J connectivity index is 1.78. The molecule has 19 heavy (non-hydrogen) atoms. The van der Waals surface area contributed by atoms with Gasteiger partial charge >= 0.3 is 0 Å². The Hall–Kier alpha value is -2.47. The lowest BCUT2D eigenvalue weighted by molar-refractivity contribution is -0.111. The van der Waals surface area contributed by atoms with Crippen molar-refractivity contribution in [1.29, 1.82) is 0 Å². The fraction of sp³-hybridized carbons (Fsp3) is 0. The van der Waals surface area contributed by atoms with Crippen LogP contribution < -0.4 is 5.32 Å². The van der Waals surface area contributed by atoms with Gasteiger partial charge in [-0.3, -0.25) is 4.79 Å². The Kier molecular flexibility index (Phi) is 3.07. The molecular formula is C13H9N3O2S. The molecule has 1 aromatic carbocycles. The van der Waals surface area contributed by atoms with Crippen molar-refractivity contribution in [3.8, 4) is 0 Å². The predicted octanol–water partition coefficient (Wildman–Crippen LogP) is 2.94. The summed E-state index contributed by atoms with van der Waals surface area (Å²) >= 11 is 1.12. The van der Waals surface area contributed by atoms with Gasteiger partial charge in [0, 0.05) is 6.08 Å². The summed E-state index contributed by atoms with van der Waals surface area (Å²) in [5.74, 6) is 0.389. The number of furan rings is 1. The molecule has 0 aliphatic carbocycles. The average Bonchev–Trinajstić information content (AvgIpc) is 3.08. The third-order valence-electron chi connectivity index (χ3n) is 2.49. The highest BCUT2D eigenvalue weighted by atomic mass is 32.1. The minimum Gasteiger partial charge on any atom is -0.465 e. The largest absolute Gasteiger partial charge is 0.465 e. The number of aromatic nitrogens is 2. The van der Waals surface area contributed by atoms with E-state index in [9.17, 15) is 4.79 Å². The molecule has 1 amide bonds. The number of hydrogen-bond donors (Lipinski definition) is 1. The second kappa shape index (κ2) is 5.03. The van der Waals surface area contributed by atoms with Crippen LogP contribution in [0.5, 0.6) is 0 Å². The zero-order valence-corrected chi connectivity index (χ0v) is 10.6. The van der Waals surface area contributed by atoms with Crippen LogP contribution >= 0.6 is 11.7 Å². The zero-order chi connectivity index (χ0) is 13.1. The standard InChI is InChI=1S/C13H9N3O2S/c17-12(7-6-9-3-2-8-18-9)14-10-4-1-5-11-13(10)16-19-15-11/h1-8H,(H,14,17)/b7-6+. The van der Waals surface area contributed by atoms with Crippen LogP contribution in [0.4, 0.5) is 5.69 Å². The molecule has 0 fully saturated rings. The number of carbonyl (C=O) groups is 1. The van der Waals surface area contributed by atoms with Gasteiger partial charge in [-0.25, -0.2) is 0 Å². The van der Waals surface area contributed by atoms with Gasteiger partial charge < -0.3 is 9.73 Å². The summed E-state index contributed by atoms with van der Waals surface area (Å²) in [6.07, 6.45) is 4.57. The molecule has 2 heterocycles. The number of benzene rings is 1. The molecule has 5 nitrogen and oxygen atoms in total. The van der Waals surface area contributed by atoms with Crippen molar-refractivity contribution in [2.45, 2.75) is 0 Å². The zero-order valence-electron chi connectivity index (χ0n) is 9.74. The van der Waals surface area contributed by atoms with Gasteiger partial charge in [0.25, 0.3) is 0 Å². The number of amides is 1. The number of fused-ring (bicyclic) bond motifs is 1. The highest BCUT2D eigenvalue weighted by molar-refractivity contribution is 7.00. The first kappa shape index (κ1) is 11.6. The van der Waals surface area contributed by atoms with Crippen molar-refractivity contribution in [2.75, 3.05) is 5.32 Å². The van der Waals surface area contributed by atoms with Crippen LogP contribution in [0.3, 0.4) is 0 Å². The van der Waals surface area contributed by atoms with Gasteiger partial charge in [-0.15, -0.1) is 0 Å². The Morgan fingerprint density at radius 3 is 3.05 bits per heavy atom. The van der Waals surface area contributed by atoms with Gasteiger partial charge in [0.2, 0.25) is 5.91 Å². The first-order valence-electron chi connectivity index (χ1n) is 5.57. The van der Waals surface area contributed by atoms with Crippen molar-refractivity contribution in [3.05, 3.63) is 48.4 Å². The van der Waals surface area contributed by atoms with Crippen LogP contribution in [0.2, 0.25) is 0 Å². The highest BCUT2D eigenvalue weighted by Crippen LogP contribution is 2.21. The Bertz CT molecular complexity index is 731. The van der Waals surface area contributed by atoms with Gasteiger partial charge in [0.05, 0.1) is 23.7 Å². The summed E-state index contributed by atoms with van der Waals surface area (Å²) in [4.78, 5) is 11.8. The van der Waals surface area contributed by atoms with Crippen LogP contribution in [0.15, 0.2) is 47.1 Å². The number of carbonyl (C=O) groups excluding carboxylic acids is 1. The summed E-state index contributed by atoms with van der Waals surface area (Å²) < 4.78 is 13.4. The first-order valence-corrected chi connectivity index (χ1v) is 6.30. The summed E-state index contributed by atoms with van der Waals surface area (Å²) in [6, 6.07) is 9.01. The molecule has 2 aromatic heterocycles. The quantitative estimate of drug-likeness (QED) is 0.744. The summed E-state index contributed by atoms with van der Waals surface area (Å²) in [7, 11) is 0. The van der Waals surface area contributed by atoms with E-state index in [1.54, 1.807) is 30.5 Å². The molecule has 0 radical (unpaired) electrons. The Morgan fingerprint density at radius 1 is 1.26 bits per heavy atom. The third kappa shape index (κ3) is 2.53. The second-order valence-electron chi connectivity index (χ2n) is 3.78. The van der Waals surface area contributed by atoms with Gasteiger partial charge in [0.1, 0.15) is 16.8 Å². The number of rotatable bonds is 3. The van der Waals surface area contributed by atoms with Gasteiger partial charge in [-0.05, 0) is 30.3 Å². The molecule has 0 saturated heterocycles. The normalized spacial score (nSPS) is 11.2. The fourth-order valence-electron chi connectivity index (χ4n) is 1.63. The van der Waals surface area contributed by atoms with Crippen LogP contribution in [-0.4, -0.2) is 14.7 Å². The van der Waals surface area contributed by atoms with Crippen molar-refractivity contribution in [2.24, 2.45) is 0 Å². The summed E-state index contributed by atoms with van der Waals surface area (Å²) in [5, 5.41) is 2.77. The van der Waals surface area contributed by atoms with Crippen LogP contribution in [0, 0.1) is 0 Å². The number of hydrogen-bond acceptors (Lipinski definition) is 5.